The second kappa shape index (κ2) is 4.69. The van der Waals surface area contributed by atoms with E-state index in [-0.39, 0.29) is 0 Å². The summed E-state index contributed by atoms with van der Waals surface area (Å²) >= 11 is 0. The minimum absolute atomic E-state index is 0.451. The fraction of sp³-hybridized carbons (Fsp3) is 1.00. The van der Waals surface area contributed by atoms with Gasteiger partial charge in [-0.1, -0.05) is 0 Å². The highest BCUT2D eigenvalue weighted by Crippen LogP contribution is 2.62. The van der Waals surface area contributed by atoms with Gasteiger partial charge in [0.1, 0.15) is 0 Å². The van der Waals surface area contributed by atoms with Gasteiger partial charge in [-0.15, -0.1) is 0 Å². The molecule has 0 atom stereocenters. The van der Waals surface area contributed by atoms with E-state index in [1.54, 1.807) is 0 Å². The Kier molecular flexibility index (Phi) is 4.86. The second-order valence-corrected chi connectivity index (χ2v) is 19.3. The molecule has 0 aliphatic heterocycles. The van der Waals surface area contributed by atoms with E-state index in [9.17, 15) is 4.57 Å². The SMILES string of the molecule is CC(C)(C)P(=O)(O[Si](C)(C)C)O[Si](C)(C)C. The van der Waals surface area contributed by atoms with Crippen molar-refractivity contribution in [2.75, 3.05) is 0 Å². The van der Waals surface area contributed by atoms with Gasteiger partial charge in [-0.2, -0.15) is 0 Å². The highest BCUT2D eigenvalue weighted by atomic mass is 31.2. The Morgan fingerprint density at radius 2 is 1.06 bits per heavy atom. The highest BCUT2D eigenvalue weighted by Gasteiger charge is 2.45. The van der Waals surface area contributed by atoms with Crippen molar-refractivity contribution >= 4 is 24.2 Å². The van der Waals surface area contributed by atoms with Crippen molar-refractivity contribution in [1.29, 1.82) is 0 Å². The minimum Gasteiger partial charge on any atom is -0.351 e. The Morgan fingerprint density at radius 3 is 1.19 bits per heavy atom. The highest BCUT2D eigenvalue weighted by molar-refractivity contribution is 7.58. The van der Waals surface area contributed by atoms with Crippen LogP contribution in [0.2, 0.25) is 39.3 Å². The summed E-state index contributed by atoms with van der Waals surface area (Å²) in [6, 6.07) is 0. The predicted molar refractivity (Wildman–Crippen MR) is 76.2 cm³/mol. The molecule has 3 nitrogen and oxygen atoms in total. The monoisotopic (exact) mass is 282 g/mol. The third-order valence-electron chi connectivity index (χ3n) is 1.61. The van der Waals surface area contributed by atoms with E-state index >= 15 is 0 Å². The van der Waals surface area contributed by atoms with Crippen molar-refractivity contribution in [3.8, 4) is 0 Å². The lowest BCUT2D eigenvalue weighted by molar-refractivity contribution is 0.353. The molecule has 0 heterocycles. The van der Waals surface area contributed by atoms with Crippen molar-refractivity contribution in [3.63, 3.8) is 0 Å². The third-order valence-corrected chi connectivity index (χ3v) is 9.56. The first-order chi connectivity index (χ1) is 6.66. The van der Waals surface area contributed by atoms with E-state index in [1.807, 2.05) is 60.1 Å². The molecule has 0 radical (unpaired) electrons. The first-order valence-electron chi connectivity index (χ1n) is 5.68. The molecule has 0 aliphatic rings. The van der Waals surface area contributed by atoms with Crippen LogP contribution in [0.15, 0.2) is 0 Å². The summed E-state index contributed by atoms with van der Waals surface area (Å²) in [5.41, 5.74) is 0. The van der Waals surface area contributed by atoms with Crippen molar-refractivity contribution in [3.05, 3.63) is 0 Å². The summed E-state index contributed by atoms with van der Waals surface area (Å²) in [6.45, 7) is 18.0. The van der Waals surface area contributed by atoms with Crippen LogP contribution >= 0.6 is 7.60 Å². The summed E-state index contributed by atoms with van der Waals surface area (Å²) in [5, 5.41) is -0.451. The zero-order valence-electron chi connectivity index (χ0n) is 12.2. The number of hydrogen-bond acceptors (Lipinski definition) is 3. The molecule has 0 bridgehead atoms. The van der Waals surface area contributed by atoms with E-state index < -0.39 is 29.4 Å². The topological polar surface area (TPSA) is 35.5 Å². The van der Waals surface area contributed by atoms with Gasteiger partial charge in [-0.05, 0) is 60.1 Å². The van der Waals surface area contributed by atoms with E-state index in [4.69, 9.17) is 8.43 Å². The van der Waals surface area contributed by atoms with Gasteiger partial charge < -0.3 is 8.43 Å². The average molecular weight is 282 g/mol. The van der Waals surface area contributed by atoms with Gasteiger partial charge in [0, 0.05) is 0 Å². The van der Waals surface area contributed by atoms with Crippen LogP contribution in [0.5, 0.6) is 0 Å². The standard InChI is InChI=1S/C10H27O3PSi2/c1-10(2,3)14(11,12-15(4,5)6)13-16(7,8)9/h1-9H3. The predicted octanol–water partition coefficient (Wildman–Crippen LogP) is 4.68. The van der Waals surface area contributed by atoms with Crippen molar-refractivity contribution in [2.24, 2.45) is 0 Å². The molecule has 6 heteroatoms. The molecule has 0 aromatic carbocycles. The largest absolute Gasteiger partial charge is 0.351 e. The molecule has 0 N–H and O–H groups in total. The Morgan fingerprint density at radius 1 is 0.812 bits per heavy atom. The van der Waals surface area contributed by atoms with Gasteiger partial charge >= 0.3 is 7.60 Å². The Balaban J connectivity index is 5.16. The maximum Gasteiger partial charge on any atom is 0.316 e. The fourth-order valence-corrected chi connectivity index (χ4v) is 9.46. The molecule has 0 saturated heterocycles. The van der Waals surface area contributed by atoms with Gasteiger partial charge in [0.15, 0.2) is 16.6 Å². The molecule has 0 saturated carbocycles. The van der Waals surface area contributed by atoms with Gasteiger partial charge in [0.2, 0.25) is 0 Å². The van der Waals surface area contributed by atoms with Crippen LogP contribution in [0, 0.1) is 0 Å². The van der Waals surface area contributed by atoms with Crippen molar-refractivity contribution < 1.29 is 13.0 Å². The Bertz CT molecular complexity index is 264. The third kappa shape index (κ3) is 5.78. The molecule has 0 aromatic rings. The van der Waals surface area contributed by atoms with Crippen LogP contribution in [0.3, 0.4) is 0 Å². The van der Waals surface area contributed by atoms with E-state index in [0.717, 1.165) is 0 Å². The maximum atomic E-state index is 12.9. The van der Waals surface area contributed by atoms with Crippen LogP contribution in [-0.4, -0.2) is 21.8 Å². The zero-order valence-corrected chi connectivity index (χ0v) is 15.1. The van der Waals surface area contributed by atoms with Crippen LogP contribution < -0.4 is 0 Å². The quantitative estimate of drug-likeness (QED) is 0.554. The second-order valence-electron chi connectivity index (χ2n) is 7.08. The molecular weight excluding hydrogens is 255 g/mol. The Hall–Kier alpha value is 0.584. The van der Waals surface area contributed by atoms with E-state index in [1.165, 1.54) is 0 Å². The average Bonchev–Trinajstić information content (AvgIpc) is 1.72. The first-order valence-corrected chi connectivity index (χ1v) is 14.0. The molecule has 0 aliphatic carbocycles. The van der Waals surface area contributed by atoms with Crippen molar-refractivity contribution in [1.82, 2.24) is 0 Å². The summed E-state index contributed by atoms with van der Waals surface area (Å²) in [5.74, 6) is 0. The summed E-state index contributed by atoms with van der Waals surface area (Å²) in [6.07, 6.45) is 0. The van der Waals surface area contributed by atoms with E-state index in [0.29, 0.717) is 0 Å². The molecule has 0 aromatic heterocycles. The lowest BCUT2D eigenvalue weighted by atomic mass is 10.3. The number of rotatable bonds is 4. The van der Waals surface area contributed by atoms with Gasteiger partial charge in [0.25, 0.3) is 0 Å². The van der Waals surface area contributed by atoms with Crippen molar-refractivity contribution in [2.45, 2.75) is 65.2 Å². The smallest absolute Gasteiger partial charge is 0.316 e. The van der Waals surface area contributed by atoms with Crippen LogP contribution in [0.4, 0.5) is 0 Å². The van der Waals surface area contributed by atoms with Gasteiger partial charge in [-0.3, -0.25) is 4.57 Å². The van der Waals surface area contributed by atoms with Gasteiger partial charge in [0.05, 0.1) is 5.16 Å². The lowest BCUT2D eigenvalue weighted by Crippen LogP contribution is -2.35. The summed E-state index contributed by atoms with van der Waals surface area (Å²) in [4.78, 5) is 0. The Labute approximate surface area is 103 Å². The fourth-order valence-electron chi connectivity index (χ4n) is 1.01. The molecular formula is C10H27O3PSi2. The minimum atomic E-state index is -3.02. The molecule has 0 unspecified atom stereocenters. The van der Waals surface area contributed by atoms with Crippen LogP contribution in [-0.2, 0) is 13.0 Å². The van der Waals surface area contributed by atoms with E-state index in [2.05, 4.69) is 0 Å². The molecule has 16 heavy (non-hydrogen) atoms. The lowest BCUT2D eigenvalue weighted by Gasteiger charge is -2.38. The molecule has 0 rings (SSSR count). The zero-order chi connectivity index (χ0) is 13.4. The maximum absolute atomic E-state index is 12.9. The molecule has 0 spiro atoms. The van der Waals surface area contributed by atoms with Gasteiger partial charge in [-0.25, -0.2) is 0 Å². The molecule has 0 fully saturated rings. The molecule has 0 amide bonds. The summed E-state index contributed by atoms with van der Waals surface area (Å²) in [7, 11) is -6.76. The summed E-state index contributed by atoms with van der Waals surface area (Å²) < 4.78 is 24.6. The van der Waals surface area contributed by atoms with Crippen LogP contribution in [0.25, 0.3) is 0 Å². The normalized spacial score (nSPS) is 15.3. The first kappa shape index (κ1) is 16.6. The molecule has 98 valence electrons. The number of hydrogen-bond donors (Lipinski definition) is 0. The van der Waals surface area contributed by atoms with Crippen LogP contribution in [0.1, 0.15) is 20.8 Å².